The molecule has 0 atom stereocenters. The third kappa shape index (κ3) is 4.18. The number of halogens is 1. The second-order valence-electron chi connectivity index (χ2n) is 6.22. The van der Waals surface area contributed by atoms with E-state index in [0.717, 1.165) is 4.31 Å². The molecule has 1 heterocycles. The van der Waals surface area contributed by atoms with Gasteiger partial charge in [0, 0.05) is 29.7 Å². The van der Waals surface area contributed by atoms with Crippen LogP contribution in [0, 0.1) is 5.82 Å². The van der Waals surface area contributed by atoms with Crippen LogP contribution in [-0.4, -0.2) is 36.7 Å². The van der Waals surface area contributed by atoms with Gasteiger partial charge in [-0.15, -0.1) is 0 Å². The van der Waals surface area contributed by atoms with E-state index in [1.807, 2.05) is 6.92 Å². The van der Waals surface area contributed by atoms with Gasteiger partial charge in [0.15, 0.2) is 0 Å². The molecule has 1 N–H and O–H groups in total. The molecule has 0 radical (unpaired) electrons. The third-order valence-electron chi connectivity index (χ3n) is 4.20. The van der Waals surface area contributed by atoms with Crippen LogP contribution < -0.4 is 5.32 Å². The maximum absolute atomic E-state index is 13.8. The van der Waals surface area contributed by atoms with Crippen LogP contribution >= 0.6 is 0 Å². The Kier molecular flexibility index (Phi) is 6.01. The van der Waals surface area contributed by atoms with Gasteiger partial charge in [-0.25, -0.2) is 12.8 Å². The number of para-hydroxylation sites is 1. The third-order valence-corrected chi connectivity index (χ3v) is 6.10. The summed E-state index contributed by atoms with van der Waals surface area (Å²) >= 11 is 0. The number of benzene rings is 2. The summed E-state index contributed by atoms with van der Waals surface area (Å²) in [6.45, 7) is 1.57. The first kappa shape index (κ1) is 19.9. The topological polar surface area (TPSA) is 79.4 Å². The molecule has 0 unspecified atom stereocenters. The Labute approximate surface area is 163 Å². The number of anilines is 1. The molecular weight excluding hydrogens is 381 g/mol. The number of aromatic nitrogens is 1. The number of carbonyl (C=O) groups is 1. The van der Waals surface area contributed by atoms with Crippen molar-refractivity contribution in [2.24, 2.45) is 0 Å². The lowest BCUT2D eigenvalue weighted by atomic mass is 10.2. The molecule has 1 amide bonds. The Bertz CT molecular complexity index is 1100. The van der Waals surface area contributed by atoms with Crippen molar-refractivity contribution in [1.29, 1.82) is 0 Å². The fourth-order valence-electron chi connectivity index (χ4n) is 2.90. The Morgan fingerprint density at radius 3 is 2.68 bits per heavy atom. The van der Waals surface area contributed by atoms with Crippen molar-refractivity contribution < 1.29 is 17.6 Å². The monoisotopic (exact) mass is 401 g/mol. The van der Waals surface area contributed by atoms with E-state index in [2.05, 4.69) is 10.3 Å². The molecule has 0 fully saturated rings. The number of fused-ring (bicyclic) bond motifs is 1. The zero-order valence-electron chi connectivity index (χ0n) is 15.3. The largest absolute Gasteiger partial charge is 0.322 e. The van der Waals surface area contributed by atoms with Crippen LogP contribution in [0.15, 0.2) is 65.8 Å². The quantitative estimate of drug-likeness (QED) is 0.658. The number of rotatable bonds is 7. The Hall–Kier alpha value is -2.84. The number of nitrogens with zero attached hydrogens (tertiary/aromatic N) is 2. The van der Waals surface area contributed by atoms with Crippen LogP contribution in [0.2, 0.25) is 0 Å². The second kappa shape index (κ2) is 8.45. The molecule has 0 spiro atoms. The zero-order valence-corrected chi connectivity index (χ0v) is 16.1. The molecule has 0 saturated carbocycles. The van der Waals surface area contributed by atoms with Gasteiger partial charge in [-0.2, -0.15) is 4.31 Å². The summed E-state index contributed by atoms with van der Waals surface area (Å²) in [6.07, 6.45) is 3.64. The molecule has 28 heavy (non-hydrogen) atoms. The predicted molar refractivity (Wildman–Crippen MR) is 106 cm³/mol. The summed E-state index contributed by atoms with van der Waals surface area (Å²) in [5, 5.41) is 3.66. The van der Waals surface area contributed by atoms with Crippen molar-refractivity contribution in [3.05, 3.63) is 66.7 Å². The van der Waals surface area contributed by atoms with E-state index in [1.165, 1.54) is 30.5 Å². The molecule has 0 bridgehead atoms. The highest BCUT2D eigenvalue weighted by molar-refractivity contribution is 7.89. The van der Waals surface area contributed by atoms with Crippen LogP contribution in [0.3, 0.4) is 0 Å². The van der Waals surface area contributed by atoms with Crippen molar-refractivity contribution in [3.63, 3.8) is 0 Å². The van der Waals surface area contributed by atoms with Crippen LogP contribution in [0.1, 0.15) is 13.3 Å². The smallest absolute Gasteiger partial charge is 0.244 e. The minimum atomic E-state index is -3.94. The standard InChI is InChI=1S/C20H20FN3O3S/c1-2-12-24(14-20(25)23-18-8-4-3-7-17(18)21)28(26,27)19-9-5-6-15-13-22-11-10-16(15)19/h3-11,13H,2,12,14H2,1H3,(H,23,25). The maximum atomic E-state index is 13.8. The minimum absolute atomic E-state index is 0.0116. The summed E-state index contributed by atoms with van der Waals surface area (Å²) in [6, 6.07) is 12.3. The van der Waals surface area contributed by atoms with Gasteiger partial charge in [-0.05, 0) is 30.7 Å². The van der Waals surface area contributed by atoms with E-state index in [9.17, 15) is 17.6 Å². The molecule has 0 aliphatic rings. The van der Waals surface area contributed by atoms with Crippen molar-refractivity contribution in [3.8, 4) is 0 Å². The first-order valence-electron chi connectivity index (χ1n) is 8.80. The Balaban J connectivity index is 1.90. The SMILES string of the molecule is CCCN(CC(=O)Nc1ccccc1F)S(=O)(=O)c1cccc2cnccc12. The van der Waals surface area contributed by atoms with Crippen LogP contribution in [-0.2, 0) is 14.8 Å². The van der Waals surface area contributed by atoms with Gasteiger partial charge in [0.05, 0.1) is 17.1 Å². The number of hydrogen-bond donors (Lipinski definition) is 1. The van der Waals surface area contributed by atoms with E-state index < -0.39 is 28.3 Å². The summed E-state index contributed by atoms with van der Waals surface area (Å²) in [7, 11) is -3.94. The first-order valence-corrected chi connectivity index (χ1v) is 10.2. The molecule has 3 rings (SSSR count). The van der Waals surface area contributed by atoms with Gasteiger partial charge in [0.25, 0.3) is 0 Å². The van der Waals surface area contributed by atoms with Gasteiger partial charge < -0.3 is 5.32 Å². The average Bonchev–Trinajstić information content (AvgIpc) is 2.69. The molecule has 0 saturated heterocycles. The lowest BCUT2D eigenvalue weighted by Crippen LogP contribution is -2.38. The Morgan fingerprint density at radius 1 is 1.14 bits per heavy atom. The predicted octanol–water partition coefficient (Wildman–Crippen LogP) is 3.41. The number of nitrogens with one attached hydrogen (secondary N) is 1. The fraction of sp³-hybridized carbons (Fsp3) is 0.200. The minimum Gasteiger partial charge on any atom is -0.322 e. The highest BCUT2D eigenvalue weighted by Crippen LogP contribution is 2.25. The zero-order chi connectivity index (χ0) is 20.1. The van der Waals surface area contributed by atoms with E-state index in [4.69, 9.17) is 0 Å². The number of amides is 1. The molecule has 3 aromatic rings. The maximum Gasteiger partial charge on any atom is 0.244 e. The average molecular weight is 401 g/mol. The van der Waals surface area contributed by atoms with Gasteiger partial charge in [0.1, 0.15) is 5.82 Å². The highest BCUT2D eigenvalue weighted by atomic mass is 32.2. The first-order chi connectivity index (χ1) is 13.4. The van der Waals surface area contributed by atoms with Crippen molar-refractivity contribution in [2.75, 3.05) is 18.4 Å². The van der Waals surface area contributed by atoms with Crippen molar-refractivity contribution in [2.45, 2.75) is 18.2 Å². The highest BCUT2D eigenvalue weighted by Gasteiger charge is 2.27. The van der Waals surface area contributed by atoms with Gasteiger partial charge in [-0.3, -0.25) is 9.78 Å². The summed E-state index contributed by atoms with van der Waals surface area (Å²) < 4.78 is 41.4. The van der Waals surface area contributed by atoms with Crippen LogP contribution in [0.25, 0.3) is 10.8 Å². The lowest BCUT2D eigenvalue weighted by Gasteiger charge is -2.22. The number of carbonyl (C=O) groups excluding carboxylic acids is 1. The van der Waals surface area contributed by atoms with Crippen LogP contribution in [0.4, 0.5) is 10.1 Å². The second-order valence-corrected chi connectivity index (χ2v) is 8.13. The van der Waals surface area contributed by atoms with Gasteiger partial charge in [-0.1, -0.05) is 31.2 Å². The molecule has 0 aliphatic heterocycles. The number of sulfonamides is 1. The van der Waals surface area contributed by atoms with Crippen molar-refractivity contribution in [1.82, 2.24) is 9.29 Å². The molecular formula is C20H20FN3O3S. The van der Waals surface area contributed by atoms with Crippen LogP contribution in [0.5, 0.6) is 0 Å². The molecule has 0 aliphatic carbocycles. The summed E-state index contributed by atoms with van der Waals surface area (Å²) in [5.41, 5.74) is 0.0116. The van der Waals surface area contributed by atoms with Crippen molar-refractivity contribution >= 4 is 32.4 Å². The number of pyridine rings is 1. The van der Waals surface area contributed by atoms with E-state index >= 15 is 0 Å². The van der Waals surface area contributed by atoms with Gasteiger partial charge in [0.2, 0.25) is 15.9 Å². The molecule has 8 heteroatoms. The fourth-order valence-corrected chi connectivity index (χ4v) is 4.61. The molecule has 1 aromatic heterocycles. The molecule has 6 nitrogen and oxygen atoms in total. The van der Waals surface area contributed by atoms with Gasteiger partial charge >= 0.3 is 0 Å². The van der Waals surface area contributed by atoms with E-state index in [-0.39, 0.29) is 17.1 Å². The molecule has 2 aromatic carbocycles. The normalized spacial score (nSPS) is 11.7. The lowest BCUT2D eigenvalue weighted by molar-refractivity contribution is -0.116. The van der Waals surface area contributed by atoms with E-state index in [0.29, 0.717) is 17.2 Å². The Morgan fingerprint density at radius 2 is 1.93 bits per heavy atom. The molecule has 146 valence electrons. The van der Waals surface area contributed by atoms with E-state index in [1.54, 1.807) is 30.5 Å². The summed E-state index contributed by atoms with van der Waals surface area (Å²) in [4.78, 5) is 16.5. The number of hydrogen-bond acceptors (Lipinski definition) is 4. The summed E-state index contributed by atoms with van der Waals surface area (Å²) in [5.74, 6) is -1.19.